The van der Waals surface area contributed by atoms with Crippen LogP contribution in [0.3, 0.4) is 0 Å². The summed E-state index contributed by atoms with van der Waals surface area (Å²) in [5.41, 5.74) is -0.130. The second-order valence-corrected chi connectivity index (χ2v) is 2.95. The lowest BCUT2D eigenvalue weighted by atomic mass is 10.1. The first-order chi connectivity index (χ1) is 5.88. The van der Waals surface area contributed by atoms with Crippen LogP contribution in [0, 0.1) is 5.82 Å². The first-order valence-electron chi connectivity index (χ1n) is 3.39. The fourth-order valence-corrected chi connectivity index (χ4v) is 0.999. The largest absolute Gasteiger partial charge is 0.393 e. The molecule has 0 spiro atoms. The maximum Gasteiger partial charge on any atom is 0.393 e. The highest BCUT2D eigenvalue weighted by atomic mass is 35.5. The van der Waals surface area contributed by atoms with Gasteiger partial charge in [0.15, 0.2) is 0 Å². The molecule has 5 heteroatoms. The molecule has 0 N–H and O–H groups in total. The summed E-state index contributed by atoms with van der Waals surface area (Å²) in [4.78, 5) is 0. The van der Waals surface area contributed by atoms with Crippen molar-refractivity contribution in [1.82, 2.24) is 0 Å². The Morgan fingerprint density at radius 2 is 1.85 bits per heavy atom. The van der Waals surface area contributed by atoms with E-state index in [0.717, 1.165) is 18.2 Å². The van der Waals surface area contributed by atoms with Gasteiger partial charge in [-0.1, -0.05) is 17.7 Å². The van der Waals surface area contributed by atoms with E-state index in [0.29, 0.717) is 0 Å². The lowest BCUT2D eigenvalue weighted by molar-refractivity contribution is -0.127. The van der Waals surface area contributed by atoms with Crippen molar-refractivity contribution in [3.8, 4) is 0 Å². The molecule has 1 aromatic carbocycles. The smallest absolute Gasteiger partial charge is 0.205 e. The van der Waals surface area contributed by atoms with Gasteiger partial charge in [-0.3, -0.25) is 0 Å². The zero-order valence-electron chi connectivity index (χ0n) is 6.33. The van der Waals surface area contributed by atoms with Gasteiger partial charge in [0.2, 0.25) is 0 Å². The van der Waals surface area contributed by atoms with Crippen LogP contribution in [0.15, 0.2) is 18.2 Å². The molecule has 0 aliphatic heterocycles. The zero-order valence-corrected chi connectivity index (χ0v) is 7.08. The topological polar surface area (TPSA) is 0 Å². The Labute approximate surface area is 77.1 Å². The number of rotatable bonds is 1. The van der Waals surface area contributed by atoms with Gasteiger partial charge in [0, 0.05) is 0 Å². The van der Waals surface area contributed by atoms with Gasteiger partial charge in [0.05, 0.1) is 11.4 Å². The van der Waals surface area contributed by atoms with E-state index < -0.39 is 18.4 Å². The molecule has 0 nitrogen and oxygen atoms in total. The van der Waals surface area contributed by atoms with Crippen molar-refractivity contribution < 1.29 is 17.6 Å². The number of benzene rings is 1. The fourth-order valence-electron chi connectivity index (χ4n) is 0.881. The van der Waals surface area contributed by atoms with Gasteiger partial charge >= 0.3 is 6.18 Å². The third-order valence-electron chi connectivity index (χ3n) is 1.39. The van der Waals surface area contributed by atoms with Crippen molar-refractivity contribution in [2.45, 2.75) is 12.6 Å². The first kappa shape index (κ1) is 10.3. The van der Waals surface area contributed by atoms with Crippen molar-refractivity contribution >= 4 is 11.6 Å². The van der Waals surface area contributed by atoms with Crippen LogP contribution in [0.5, 0.6) is 0 Å². The summed E-state index contributed by atoms with van der Waals surface area (Å²) in [6, 6.07) is 3.05. The molecule has 0 atom stereocenters. The number of hydrogen-bond acceptors (Lipinski definition) is 0. The SMILES string of the molecule is Fc1cc(CC(F)(F)F)ccc1Cl. The number of alkyl halides is 3. The quantitative estimate of drug-likeness (QED) is 0.624. The Morgan fingerprint density at radius 1 is 1.23 bits per heavy atom. The van der Waals surface area contributed by atoms with Gasteiger partial charge in [-0.05, 0) is 17.7 Å². The predicted molar refractivity (Wildman–Crippen MR) is 41.2 cm³/mol. The summed E-state index contributed by atoms with van der Waals surface area (Å²) >= 11 is 5.30. The lowest BCUT2D eigenvalue weighted by Gasteiger charge is -2.06. The minimum Gasteiger partial charge on any atom is -0.205 e. The van der Waals surface area contributed by atoms with Crippen LogP contribution in [-0.2, 0) is 6.42 Å². The summed E-state index contributed by atoms with van der Waals surface area (Å²) in [6.45, 7) is 0. The third-order valence-corrected chi connectivity index (χ3v) is 1.70. The van der Waals surface area contributed by atoms with Gasteiger partial charge in [-0.15, -0.1) is 0 Å². The molecule has 0 aliphatic carbocycles. The summed E-state index contributed by atoms with van der Waals surface area (Å²) in [6.07, 6.45) is -5.46. The van der Waals surface area contributed by atoms with Crippen molar-refractivity contribution in [3.63, 3.8) is 0 Å². The third kappa shape index (κ3) is 3.22. The molecule has 0 fully saturated rings. The molecule has 0 aliphatic rings. The van der Waals surface area contributed by atoms with E-state index in [1.54, 1.807) is 0 Å². The maximum absolute atomic E-state index is 12.7. The molecule has 0 radical (unpaired) electrons. The minimum atomic E-state index is -4.32. The van der Waals surface area contributed by atoms with Crippen molar-refractivity contribution in [1.29, 1.82) is 0 Å². The minimum absolute atomic E-state index is 0.130. The van der Waals surface area contributed by atoms with Gasteiger partial charge in [0.1, 0.15) is 5.82 Å². The Balaban J connectivity index is 2.86. The van der Waals surface area contributed by atoms with Gasteiger partial charge in [-0.2, -0.15) is 13.2 Å². The second kappa shape index (κ2) is 3.54. The molecule has 0 aromatic heterocycles. The molecule has 0 saturated heterocycles. The summed E-state index contributed by atoms with van der Waals surface area (Å²) in [5, 5.41) is -0.175. The van der Waals surface area contributed by atoms with Crippen molar-refractivity contribution in [2.75, 3.05) is 0 Å². The van der Waals surface area contributed by atoms with Gasteiger partial charge < -0.3 is 0 Å². The van der Waals surface area contributed by atoms with E-state index in [-0.39, 0.29) is 10.6 Å². The highest BCUT2D eigenvalue weighted by molar-refractivity contribution is 6.30. The van der Waals surface area contributed by atoms with Crippen molar-refractivity contribution in [2.24, 2.45) is 0 Å². The number of halogens is 5. The van der Waals surface area contributed by atoms with Crippen LogP contribution >= 0.6 is 11.6 Å². The fraction of sp³-hybridized carbons (Fsp3) is 0.250. The Bertz CT molecular complexity index is 306. The number of hydrogen-bond donors (Lipinski definition) is 0. The molecule has 0 amide bonds. The molecule has 0 unspecified atom stereocenters. The Hall–Kier alpha value is -0.770. The summed E-state index contributed by atoms with van der Waals surface area (Å²) < 4.78 is 48.1. The Kier molecular flexibility index (Phi) is 2.81. The van der Waals surface area contributed by atoms with Gasteiger partial charge in [-0.25, -0.2) is 4.39 Å². The lowest BCUT2D eigenvalue weighted by Crippen LogP contribution is -2.11. The van der Waals surface area contributed by atoms with Crippen LogP contribution in [0.2, 0.25) is 5.02 Å². The molecule has 72 valence electrons. The molecular weight excluding hydrogens is 208 g/mol. The van der Waals surface area contributed by atoms with Crippen LogP contribution < -0.4 is 0 Å². The van der Waals surface area contributed by atoms with E-state index in [2.05, 4.69) is 0 Å². The van der Waals surface area contributed by atoms with Crippen molar-refractivity contribution in [3.05, 3.63) is 34.6 Å². The molecule has 1 aromatic rings. The van der Waals surface area contributed by atoms with E-state index in [9.17, 15) is 17.6 Å². The summed E-state index contributed by atoms with van der Waals surface area (Å²) in [5.74, 6) is -0.830. The highest BCUT2D eigenvalue weighted by Crippen LogP contribution is 2.23. The van der Waals surface area contributed by atoms with Crippen LogP contribution in [-0.4, -0.2) is 6.18 Å². The molecule has 0 saturated carbocycles. The van der Waals surface area contributed by atoms with Crippen LogP contribution in [0.1, 0.15) is 5.56 Å². The van der Waals surface area contributed by atoms with E-state index >= 15 is 0 Å². The average molecular weight is 213 g/mol. The normalized spacial score (nSPS) is 11.8. The van der Waals surface area contributed by atoms with Gasteiger partial charge in [0.25, 0.3) is 0 Å². The second-order valence-electron chi connectivity index (χ2n) is 2.54. The molecule has 13 heavy (non-hydrogen) atoms. The predicted octanol–water partition coefficient (Wildman–Crippen LogP) is 3.58. The van der Waals surface area contributed by atoms with E-state index in [4.69, 9.17) is 11.6 Å². The van der Waals surface area contributed by atoms with Crippen LogP contribution in [0.25, 0.3) is 0 Å². The van der Waals surface area contributed by atoms with Crippen LogP contribution in [0.4, 0.5) is 17.6 Å². The van der Waals surface area contributed by atoms with E-state index in [1.165, 1.54) is 0 Å². The summed E-state index contributed by atoms with van der Waals surface area (Å²) in [7, 11) is 0. The van der Waals surface area contributed by atoms with E-state index in [1.807, 2.05) is 0 Å². The average Bonchev–Trinajstić information content (AvgIpc) is 1.94. The maximum atomic E-state index is 12.7. The molecule has 0 bridgehead atoms. The molecule has 1 rings (SSSR count). The molecular formula is C8H5ClF4. The molecule has 0 heterocycles. The monoisotopic (exact) mass is 212 g/mol. The Morgan fingerprint density at radius 3 is 2.31 bits per heavy atom. The first-order valence-corrected chi connectivity index (χ1v) is 3.77. The highest BCUT2D eigenvalue weighted by Gasteiger charge is 2.27. The zero-order chi connectivity index (χ0) is 10.1. The standard InChI is InChI=1S/C8H5ClF4/c9-6-2-1-5(3-7(6)10)4-8(11,12)13/h1-3H,4H2.